The lowest BCUT2D eigenvalue weighted by Crippen LogP contribution is -2.06. The number of rotatable bonds is 4. The third kappa shape index (κ3) is 2.81. The number of benzene rings is 2. The molecule has 4 rings (SSSR count). The predicted octanol–water partition coefficient (Wildman–Crippen LogP) is 5.17. The molecule has 0 saturated heterocycles. The molecule has 0 fully saturated rings. The molecule has 0 heterocycles. The van der Waals surface area contributed by atoms with Gasteiger partial charge in [-0.15, -0.1) is 0 Å². The van der Waals surface area contributed by atoms with Gasteiger partial charge in [0, 0.05) is 9.13 Å². The van der Waals surface area contributed by atoms with Gasteiger partial charge in [0.05, 0.1) is 0 Å². The number of fused-ring (bicyclic) bond motifs is 2. The van der Waals surface area contributed by atoms with E-state index in [0.717, 1.165) is 15.6 Å². The molecule has 2 aliphatic carbocycles. The number of hydrogen-bond acceptors (Lipinski definition) is 0. The van der Waals surface area contributed by atoms with E-state index in [9.17, 15) is 0 Å². The average molecular weight is 313 g/mol. The predicted molar refractivity (Wildman–Crippen MR) is 102 cm³/mol. The van der Waals surface area contributed by atoms with Crippen LogP contribution in [0.3, 0.4) is 0 Å². The highest BCUT2D eigenvalue weighted by Crippen LogP contribution is 2.32. The van der Waals surface area contributed by atoms with Gasteiger partial charge in [0.1, 0.15) is 0 Å². The Morgan fingerprint density at radius 1 is 0.870 bits per heavy atom. The first kappa shape index (κ1) is 14.6. The zero-order valence-electron chi connectivity index (χ0n) is 13.6. The van der Waals surface area contributed by atoms with Crippen molar-refractivity contribution in [2.24, 2.45) is 0 Å². The minimum absolute atomic E-state index is 0.933. The minimum Gasteiger partial charge on any atom is -0.0649 e. The summed E-state index contributed by atoms with van der Waals surface area (Å²) in [5.41, 5.74) is 8.97. The summed E-state index contributed by atoms with van der Waals surface area (Å²) in [7, 11) is 0.933. The van der Waals surface area contributed by atoms with Crippen molar-refractivity contribution in [3.05, 3.63) is 81.9 Å². The number of hydrogen-bond donors (Lipinski definition) is 0. The molecule has 0 amide bonds. The smallest absolute Gasteiger partial charge is 0.0303 e. The number of allylic oxidation sites excluding steroid dienone is 2. The quantitative estimate of drug-likeness (QED) is 0.683. The fourth-order valence-electron chi connectivity index (χ4n) is 3.67. The van der Waals surface area contributed by atoms with Gasteiger partial charge in [-0.1, -0.05) is 73.2 Å². The highest BCUT2D eigenvalue weighted by Gasteiger charge is 2.19. The fraction of sp³-hybridized carbons (Fsp3) is 0.227. The molecule has 2 aliphatic rings. The first-order chi connectivity index (χ1) is 11.3. The van der Waals surface area contributed by atoms with E-state index in [-0.39, 0.29) is 0 Å². The lowest BCUT2D eigenvalue weighted by atomic mass is 10.0. The van der Waals surface area contributed by atoms with Crippen molar-refractivity contribution in [3.8, 4) is 0 Å². The van der Waals surface area contributed by atoms with Crippen LogP contribution in [0.2, 0.25) is 6.04 Å². The van der Waals surface area contributed by atoms with E-state index in [1.807, 2.05) is 0 Å². The molecule has 2 aromatic rings. The van der Waals surface area contributed by atoms with Gasteiger partial charge in [-0.05, 0) is 58.3 Å². The summed E-state index contributed by atoms with van der Waals surface area (Å²) in [6.45, 7) is 2.29. The molecule has 0 spiro atoms. The van der Waals surface area contributed by atoms with E-state index in [2.05, 4.69) is 67.6 Å². The molecule has 0 saturated carbocycles. The standard InChI is InChI=1S/C22H21Si/c1-2-23-22-20(15-19-9-5-6-10-21(19)22)12-11-16-13-17-7-3-4-8-18(17)14-16/h3-10,13,15H,2,11-12,14H2,1H3. The van der Waals surface area contributed by atoms with Crippen LogP contribution in [0, 0.1) is 0 Å². The summed E-state index contributed by atoms with van der Waals surface area (Å²) in [4.78, 5) is 0. The molecule has 0 N–H and O–H groups in total. The molecule has 0 atom stereocenters. The van der Waals surface area contributed by atoms with Crippen molar-refractivity contribution in [1.29, 1.82) is 0 Å². The van der Waals surface area contributed by atoms with Gasteiger partial charge in [0.25, 0.3) is 0 Å². The SMILES string of the molecule is CC[Si]=C1C(CCC2=Cc3ccccc3C2)=Cc2ccccc21. The second-order valence-electron chi connectivity index (χ2n) is 6.34. The lowest BCUT2D eigenvalue weighted by molar-refractivity contribution is 0.936. The Labute approximate surface area is 141 Å². The summed E-state index contributed by atoms with van der Waals surface area (Å²) in [5, 5.41) is 1.61. The molecule has 1 heteroatoms. The van der Waals surface area contributed by atoms with Crippen LogP contribution in [0.25, 0.3) is 12.2 Å². The van der Waals surface area contributed by atoms with Crippen LogP contribution in [0.5, 0.6) is 0 Å². The molecule has 0 aromatic heterocycles. The average Bonchev–Trinajstić information content (AvgIpc) is 3.14. The van der Waals surface area contributed by atoms with Crippen LogP contribution < -0.4 is 0 Å². The molecular weight excluding hydrogens is 292 g/mol. The first-order valence-electron chi connectivity index (χ1n) is 8.53. The summed E-state index contributed by atoms with van der Waals surface area (Å²) >= 11 is 0. The highest BCUT2D eigenvalue weighted by molar-refractivity contribution is 6.63. The largest absolute Gasteiger partial charge is 0.0649 e. The van der Waals surface area contributed by atoms with E-state index in [1.165, 1.54) is 41.1 Å². The van der Waals surface area contributed by atoms with Crippen LogP contribution >= 0.6 is 0 Å². The Kier molecular flexibility index (Phi) is 3.96. The molecule has 1 radical (unpaired) electrons. The Bertz CT molecular complexity index is 837. The van der Waals surface area contributed by atoms with Gasteiger partial charge in [0.15, 0.2) is 0 Å². The molecular formula is C22H21Si. The van der Waals surface area contributed by atoms with Crippen molar-refractivity contribution < 1.29 is 0 Å². The lowest BCUT2D eigenvalue weighted by Gasteiger charge is -2.08. The minimum atomic E-state index is 0.933. The summed E-state index contributed by atoms with van der Waals surface area (Å²) in [6, 6.07) is 18.9. The second-order valence-corrected chi connectivity index (χ2v) is 7.90. The monoisotopic (exact) mass is 313 g/mol. The summed E-state index contributed by atoms with van der Waals surface area (Å²) in [5.74, 6) is 0. The first-order valence-corrected chi connectivity index (χ1v) is 9.74. The van der Waals surface area contributed by atoms with Crippen molar-refractivity contribution >= 4 is 26.5 Å². The van der Waals surface area contributed by atoms with E-state index in [0.29, 0.717) is 0 Å². The molecule has 0 unspecified atom stereocenters. The topological polar surface area (TPSA) is 0 Å². The van der Waals surface area contributed by atoms with Gasteiger partial charge in [-0.2, -0.15) is 0 Å². The van der Waals surface area contributed by atoms with Gasteiger partial charge in [0.2, 0.25) is 0 Å². The summed E-state index contributed by atoms with van der Waals surface area (Å²) in [6.07, 6.45) is 8.33. The Morgan fingerprint density at radius 2 is 1.65 bits per heavy atom. The third-order valence-electron chi connectivity index (χ3n) is 4.78. The van der Waals surface area contributed by atoms with Crippen molar-refractivity contribution in [3.63, 3.8) is 0 Å². The van der Waals surface area contributed by atoms with Crippen LogP contribution in [-0.4, -0.2) is 14.3 Å². The van der Waals surface area contributed by atoms with Gasteiger partial charge in [-0.25, -0.2) is 0 Å². The second kappa shape index (κ2) is 6.25. The Hall–Kier alpha value is -1.99. The Morgan fingerprint density at radius 3 is 2.48 bits per heavy atom. The van der Waals surface area contributed by atoms with Gasteiger partial charge in [-0.3, -0.25) is 0 Å². The molecule has 0 aliphatic heterocycles. The van der Waals surface area contributed by atoms with Crippen LogP contribution in [0.1, 0.15) is 42.0 Å². The van der Waals surface area contributed by atoms with Crippen LogP contribution in [-0.2, 0) is 6.42 Å². The molecule has 2 aromatic carbocycles. The van der Waals surface area contributed by atoms with E-state index in [1.54, 1.807) is 16.3 Å². The highest BCUT2D eigenvalue weighted by atomic mass is 28.2. The van der Waals surface area contributed by atoms with Gasteiger partial charge >= 0.3 is 0 Å². The third-order valence-corrected chi connectivity index (χ3v) is 6.08. The van der Waals surface area contributed by atoms with Crippen molar-refractivity contribution in [1.82, 2.24) is 0 Å². The van der Waals surface area contributed by atoms with Gasteiger partial charge < -0.3 is 0 Å². The van der Waals surface area contributed by atoms with Crippen molar-refractivity contribution in [2.75, 3.05) is 0 Å². The molecule has 113 valence electrons. The molecule has 0 bridgehead atoms. The Balaban J connectivity index is 1.51. The fourth-order valence-corrected chi connectivity index (χ4v) is 4.87. The zero-order chi connectivity index (χ0) is 15.6. The van der Waals surface area contributed by atoms with Crippen molar-refractivity contribution in [2.45, 2.75) is 32.2 Å². The van der Waals surface area contributed by atoms with Crippen LogP contribution in [0.15, 0.2) is 59.7 Å². The van der Waals surface area contributed by atoms with E-state index < -0.39 is 0 Å². The zero-order valence-corrected chi connectivity index (χ0v) is 14.6. The maximum atomic E-state index is 2.43. The maximum absolute atomic E-state index is 2.43. The summed E-state index contributed by atoms with van der Waals surface area (Å²) < 4.78 is 0. The molecule has 0 nitrogen and oxygen atoms in total. The normalized spacial score (nSPS) is 17.0. The maximum Gasteiger partial charge on any atom is 0.0303 e. The van der Waals surface area contributed by atoms with E-state index in [4.69, 9.17) is 0 Å². The molecule has 23 heavy (non-hydrogen) atoms. The van der Waals surface area contributed by atoms with E-state index >= 15 is 0 Å². The van der Waals surface area contributed by atoms with Crippen LogP contribution in [0.4, 0.5) is 0 Å².